The van der Waals surface area contributed by atoms with Gasteiger partial charge in [0.2, 0.25) is 11.8 Å². The van der Waals surface area contributed by atoms with E-state index in [4.69, 9.17) is 0 Å². The highest BCUT2D eigenvalue weighted by Gasteiger charge is 2.26. The fourth-order valence-electron chi connectivity index (χ4n) is 2.81. The Morgan fingerprint density at radius 3 is 2.19 bits per heavy atom. The van der Waals surface area contributed by atoms with Crippen LogP contribution in [-0.2, 0) is 22.6 Å². The van der Waals surface area contributed by atoms with Crippen molar-refractivity contribution < 1.29 is 14.0 Å². The number of hydrogen-bond acceptors (Lipinski definition) is 2. The smallest absolute Gasteiger partial charge is 0.242 e. The van der Waals surface area contributed by atoms with Crippen LogP contribution in [0.2, 0.25) is 0 Å². The maximum Gasteiger partial charge on any atom is 0.242 e. The van der Waals surface area contributed by atoms with Crippen LogP contribution in [0.3, 0.4) is 0 Å². The molecule has 2 rings (SSSR count). The van der Waals surface area contributed by atoms with E-state index in [0.717, 1.165) is 11.1 Å². The number of rotatable bonds is 8. The fraction of sp³-hybridized carbons (Fsp3) is 0.364. The molecular formula is C22H27FN2O2. The largest absolute Gasteiger partial charge is 0.352 e. The molecule has 1 N–H and O–H groups in total. The molecule has 5 heteroatoms. The number of nitrogens with zero attached hydrogens (tertiary/aromatic N) is 1. The van der Waals surface area contributed by atoms with Crippen LogP contribution in [0.4, 0.5) is 4.39 Å². The van der Waals surface area contributed by atoms with Gasteiger partial charge in [-0.2, -0.15) is 0 Å². The zero-order valence-electron chi connectivity index (χ0n) is 16.1. The van der Waals surface area contributed by atoms with E-state index in [0.29, 0.717) is 12.8 Å². The summed E-state index contributed by atoms with van der Waals surface area (Å²) in [6, 6.07) is 15.2. The lowest BCUT2D eigenvalue weighted by Gasteiger charge is -2.29. The molecule has 0 radical (unpaired) electrons. The molecule has 0 fully saturated rings. The van der Waals surface area contributed by atoms with E-state index in [1.54, 1.807) is 24.0 Å². The van der Waals surface area contributed by atoms with Gasteiger partial charge in [-0.05, 0) is 50.5 Å². The highest BCUT2D eigenvalue weighted by molar-refractivity contribution is 5.87. The molecule has 1 atom stereocenters. The summed E-state index contributed by atoms with van der Waals surface area (Å²) in [5.74, 6) is -0.624. The molecule has 2 aromatic carbocycles. The molecule has 0 saturated heterocycles. The van der Waals surface area contributed by atoms with E-state index >= 15 is 0 Å². The van der Waals surface area contributed by atoms with Crippen LogP contribution < -0.4 is 5.32 Å². The van der Waals surface area contributed by atoms with Crippen molar-refractivity contribution in [3.63, 3.8) is 0 Å². The quantitative estimate of drug-likeness (QED) is 0.770. The van der Waals surface area contributed by atoms with Gasteiger partial charge in [0, 0.05) is 19.0 Å². The molecule has 0 heterocycles. The van der Waals surface area contributed by atoms with Gasteiger partial charge in [0.25, 0.3) is 0 Å². The molecule has 1 unspecified atom stereocenters. The highest BCUT2D eigenvalue weighted by Crippen LogP contribution is 2.14. The van der Waals surface area contributed by atoms with Crippen molar-refractivity contribution in [3.8, 4) is 0 Å². The number of benzene rings is 2. The number of halogens is 1. The predicted molar refractivity (Wildman–Crippen MR) is 104 cm³/mol. The topological polar surface area (TPSA) is 49.4 Å². The first-order valence-corrected chi connectivity index (χ1v) is 9.25. The van der Waals surface area contributed by atoms with Crippen molar-refractivity contribution in [1.29, 1.82) is 0 Å². The zero-order valence-corrected chi connectivity index (χ0v) is 16.1. The van der Waals surface area contributed by atoms with E-state index < -0.39 is 6.04 Å². The van der Waals surface area contributed by atoms with Crippen molar-refractivity contribution >= 4 is 11.8 Å². The standard InChI is InChI=1S/C22H27FN2O2/c1-16(2)24-22(27)17(3)25(15-19-9-12-20(23)13-10-19)21(26)14-11-18-7-5-4-6-8-18/h4-10,12-13,16-17H,11,14-15H2,1-3H3,(H,24,27). The lowest BCUT2D eigenvalue weighted by molar-refractivity contribution is -0.140. The molecule has 0 spiro atoms. The minimum atomic E-state index is -0.610. The van der Waals surface area contributed by atoms with E-state index in [9.17, 15) is 14.0 Å². The Hall–Kier alpha value is -2.69. The first-order valence-electron chi connectivity index (χ1n) is 9.25. The van der Waals surface area contributed by atoms with Crippen LogP contribution >= 0.6 is 0 Å². The average Bonchev–Trinajstić information content (AvgIpc) is 2.65. The van der Waals surface area contributed by atoms with Gasteiger partial charge in [0.1, 0.15) is 11.9 Å². The Morgan fingerprint density at radius 2 is 1.59 bits per heavy atom. The highest BCUT2D eigenvalue weighted by atomic mass is 19.1. The Bertz CT molecular complexity index is 745. The minimum absolute atomic E-state index is 0.00737. The molecule has 2 amide bonds. The normalized spacial score (nSPS) is 11.9. The fourth-order valence-corrected chi connectivity index (χ4v) is 2.81. The summed E-state index contributed by atoms with van der Waals surface area (Å²) in [7, 11) is 0. The lowest BCUT2D eigenvalue weighted by atomic mass is 10.1. The number of aryl methyl sites for hydroxylation is 1. The molecule has 0 bridgehead atoms. The molecular weight excluding hydrogens is 343 g/mol. The van der Waals surface area contributed by atoms with Crippen molar-refractivity contribution in [1.82, 2.24) is 10.2 Å². The third-order valence-electron chi connectivity index (χ3n) is 4.33. The molecule has 0 aliphatic carbocycles. The predicted octanol–water partition coefficient (Wildman–Crippen LogP) is 3.70. The number of carbonyl (C=O) groups is 2. The van der Waals surface area contributed by atoms with Crippen LogP contribution in [0.25, 0.3) is 0 Å². The SMILES string of the molecule is CC(C)NC(=O)C(C)N(Cc1ccc(F)cc1)C(=O)CCc1ccccc1. The van der Waals surface area contributed by atoms with Gasteiger partial charge >= 0.3 is 0 Å². The van der Waals surface area contributed by atoms with E-state index in [-0.39, 0.29) is 30.2 Å². The first kappa shape index (κ1) is 20.6. The third kappa shape index (κ3) is 6.51. The Kier molecular flexibility index (Phi) is 7.53. The lowest BCUT2D eigenvalue weighted by Crippen LogP contribution is -2.49. The molecule has 0 saturated carbocycles. The zero-order chi connectivity index (χ0) is 19.8. The van der Waals surface area contributed by atoms with E-state index in [1.807, 2.05) is 44.2 Å². The second kappa shape index (κ2) is 9.86. The number of nitrogens with one attached hydrogen (secondary N) is 1. The molecule has 0 aliphatic heterocycles. The van der Waals surface area contributed by atoms with Crippen LogP contribution in [0, 0.1) is 5.82 Å². The summed E-state index contributed by atoms with van der Waals surface area (Å²) in [5.41, 5.74) is 1.86. The second-order valence-electron chi connectivity index (χ2n) is 6.97. The molecule has 4 nitrogen and oxygen atoms in total. The number of amides is 2. The summed E-state index contributed by atoms with van der Waals surface area (Å²) in [6.07, 6.45) is 0.919. The van der Waals surface area contributed by atoms with Crippen LogP contribution in [0.15, 0.2) is 54.6 Å². The summed E-state index contributed by atoms with van der Waals surface area (Å²) < 4.78 is 13.2. The Labute approximate surface area is 160 Å². The molecule has 144 valence electrons. The number of hydrogen-bond donors (Lipinski definition) is 1. The van der Waals surface area contributed by atoms with Crippen molar-refractivity contribution in [2.45, 2.75) is 52.2 Å². The van der Waals surface area contributed by atoms with Gasteiger partial charge in [0.15, 0.2) is 0 Å². The van der Waals surface area contributed by atoms with Crippen LogP contribution in [0.1, 0.15) is 38.3 Å². The first-order chi connectivity index (χ1) is 12.9. The molecule has 0 aliphatic rings. The van der Waals surface area contributed by atoms with Gasteiger partial charge in [-0.1, -0.05) is 42.5 Å². The van der Waals surface area contributed by atoms with E-state index in [1.165, 1.54) is 12.1 Å². The van der Waals surface area contributed by atoms with Gasteiger partial charge in [-0.15, -0.1) is 0 Å². The third-order valence-corrected chi connectivity index (χ3v) is 4.33. The molecule has 27 heavy (non-hydrogen) atoms. The Balaban J connectivity index is 2.12. The van der Waals surface area contributed by atoms with Gasteiger partial charge < -0.3 is 10.2 Å². The molecule has 2 aromatic rings. The average molecular weight is 370 g/mol. The molecule has 0 aromatic heterocycles. The van der Waals surface area contributed by atoms with Crippen LogP contribution in [0.5, 0.6) is 0 Å². The van der Waals surface area contributed by atoms with Gasteiger partial charge in [-0.25, -0.2) is 4.39 Å². The summed E-state index contributed by atoms with van der Waals surface area (Å²) in [5, 5.41) is 2.85. The van der Waals surface area contributed by atoms with E-state index in [2.05, 4.69) is 5.32 Å². The Morgan fingerprint density at radius 1 is 0.963 bits per heavy atom. The number of carbonyl (C=O) groups excluding carboxylic acids is 2. The minimum Gasteiger partial charge on any atom is -0.352 e. The maximum atomic E-state index is 13.2. The van der Waals surface area contributed by atoms with Crippen LogP contribution in [-0.4, -0.2) is 28.8 Å². The summed E-state index contributed by atoms with van der Waals surface area (Å²) in [4.78, 5) is 26.9. The second-order valence-corrected chi connectivity index (χ2v) is 6.97. The maximum absolute atomic E-state index is 13.2. The monoisotopic (exact) mass is 370 g/mol. The van der Waals surface area contributed by atoms with Crippen molar-refractivity contribution in [2.24, 2.45) is 0 Å². The summed E-state index contributed by atoms with van der Waals surface area (Å²) >= 11 is 0. The van der Waals surface area contributed by atoms with Crippen molar-refractivity contribution in [3.05, 3.63) is 71.5 Å². The van der Waals surface area contributed by atoms with Gasteiger partial charge in [-0.3, -0.25) is 9.59 Å². The summed E-state index contributed by atoms with van der Waals surface area (Å²) in [6.45, 7) is 5.75. The van der Waals surface area contributed by atoms with Gasteiger partial charge in [0.05, 0.1) is 0 Å². The van der Waals surface area contributed by atoms with Crippen molar-refractivity contribution in [2.75, 3.05) is 0 Å².